The number of fused-ring (bicyclic) bond motifs is 1. The minimum absolute atomic E-state index is 0.0464. The molecule has 0 spiro atoms. The number of aromatic nitrogens is 3. The van der Waals surface area contributed by atoms with Gasteiger partial charge in [-0.3, -0.25) is 5.10 Å². The fourth-order valence-electron chi connectivity index (χ4n) is 2.94. The first-order valence-corrected chi connectivity index (χ1v) is 9.55. The van der Waals surface area contributed by atoms with Gasteiger partial charge in [0.1, 0.15) is 6.67 Å². The monoisotopic (exact) mass is 381 g/mol. The highest BCUT2D eigenvalue weighted by atomic mass is 32.1. The Balaban J connectivity index is 1.35. The Morgan fingerprint density at radius 1 is 1.11 bits per heavy atom. The number of benzene rings is 2. The number of H-pyrrole nitrogens is 1. The van der Waals surface area contributed by atoms with Gasteiger partial charge in [-0.05, 0) is 29.2 Å². The lowest BCUT2D eigenvalue weighted by molar-refractivity contribution is 0.485. The van der Waals surface area contributed by atoms with E-state index in [2.05, 4.69) is 32.6 Å². The van der Waals surface area contributed by atoms with Crippen molar-refractivity contribution in [3.63, 3.8) is 0 Å². The third-order valence-corrected chi connectivity index (χ3v) is 5.43. The molecule has 0 saturated carbocycles. The molecular formula is C20H20FN5S. The van der Waals surface area contributed by atoms with Gasteiger partial charge in [0.05, 0.1) is 16.6 Å². The Hall–Kier alpha value is -2.77. The highest BCUT2D eigenvalue weighted by Gasteiger charge is 2.09. The van der Waals surface area contributed by atoms with E-state index >= 15 is 0 Å². The van der Waals surface area contributed by atoms with Gasteiger partial charge >= 0.3 is 0 Å². The van der Waals surface area contributed by atoms with Gasteiger partial charge in [0.15, 0.2) is 5.13 Å². The highest BCUT2D eigenvalue weighted by Crippen LogP contribution is 2.30. The van der Waals surface area contributed by atoms with Gasteiger partial charge < -0.3 is 11.1 Å². The summed E-state index contributed by atoms with van der Waals surface area (Å²) >= 11 is 1.60. The van der Waals surface area contributed by atoms with E-state index in [0.717, 1.165) is 38.5 Å². The lowest BCUT2D eigenvalue weighted by Crippen LogP contribution is -2.31. The fraction of sp³-hybridized carbons (Fsp3) is 0.200. The maximum absolute atomic E-state index is 12.6. The Labute approximate surface area is 160 Å². The van der Waals surface area contributed by atoms with Gasteiger partial charge in [-0.2, -0.15) is 5.10 Å². The Kier molecular flexibility index (Phi) is 5.13. The smallest absolute Gasteiger partial charge is 0.183 e. The van der Waals surface area contributed by atoms with E-state index in [1.54, 1.807) is 23.5 Å². The number of nitrogens with zero attached hydrogens (tertiary/aromatic N) is 2. The average molecular weight is 381 g/mol. The van der Waals surface area contributed by atoms with Gasteiger partial charge in [0.25, 0.3) is 0 Å². The van der Waals surface area contributed by atoms with Crippen molar-refractivity contribution in [2.75, 3.05) is 11.9 Å². The van der Waals surface area contributed by atoms with Crippen LogP contribution in [-0.2, 0) is 13.1 Å². The van der Waals surface area contributed by atoms with Crippen LogP contribution in [0.1, 0.15) is 11.1 Å². The standard InChI is InChI=1S/C20H20FN5S/c21-9-14-3-1-13(2-4-14)7-17(22)11-23-20-24-12-19(27-20)15-5-6-16-10-25-26-18(16)8-15/h1-6,8,10,12,17H,7,9,11,22H2,(H,23,24)(H,25,26)/t17-/m0/s1. The van der Waals surface area contributed by atoms with E-state index < -0.39 is 6.67 Å². The summed E-state index contributed by atoms with van der Waals surface area (Å²) in [7, 11) is 0. The van der Waals surface area contributed by atoms with Crippen LogP contribution in [0, 0.1) is 0 Å². The first kappa shape index (κ1) is 17.6. The van der Waals surface area contributed by atoms with Crippen LogP contribution in [0.4, 0.5) is 9.52 Å². The summed E-state index contributed by atoms with van der Waals surface area (Å²) in [6.45, 7) is 0.185. The van der Waals surface area contributed by atoms with Crippen LogP contribution in [0.3, 0.4) is 0 Å². The van der Waals surface area contributed by atoms with Crippen molar-refractivity contribution >= 4 is 27.4 Å². The van der Waals surface area contributed by atoms with Crippen molar-refractivity contribution in [3.05, 3.63) is 66.0 Å². The molecule has 0 unspecified atom stereocenters. The second-order valence-electron chi connectivity index (χ2n) is 6.50. The molecule has 0 radical (unpaired) electrons. The molecule has 4 rings (SSSR count). The Bertz CT molecular complexity index is 1020. The van der Waals surface area contributed by atoms with E-state index in [1.165, 1.54) is 0 Å². The summed E-state index contributed by atoms with van der Waals surface area (Å²) in [5.41, 5.74) is 10.1. The molecule has 0 aliphatic rings. The van der Waals surface area contributed by atoms with Crippen LogP contribution in [0.25, 0.3) is 21.3 Å². The minimum atomic E-state index is -0.437. The lowest BCUT2D eigenvalue weighted by atomic mass is 10.1. The van der Waals surface area contributed by atoms with Crippen molar-refractivity contribution in [1.29, 1.82) is 0 Å². The first-order chi connectivity index (χ1) is 13.2. The summed E-state index contributed by atoms with van der Waals surface area (Å²) in [6.07, 6.45) is 4.41. The molecule has 0 saturated heterocycles. The quantitative estimate of drug-likeness (QED) is 0.449. The summed E-state index contributed by atoms with van der Waals surface area (Å²) in [4.78, 5) is 5.53. The molecule has 1 atom stereocenters. The van der Waals surface area contributed by atoms with Crippen LogP contribution in [0.15, 0.2) is 54.9 Å². The third kappa shape index (κ3) is 4.15. The normalized spacial score (nSPS) is 12.4. The van der Waals surface area contributed by atoms with Crippen molar-refractivity contribution in [3.8, 4) is 10.4 Å². The molecule has 27 heavy (non-hydrogen) atoms. The second kappa shape index (κ2) is 7.85. The SMILES string of the molecule is N[C@H](CNc1ncc(-c2ccc3cn[nH]c3c2)s1)Cc1ccc(CF)cc1. The molecule has 138 valence electrons. The van der Waals surface area contributed by atoms with Gasteiger partial charge in [-0.15, -0.1) is 0 Å². The van der Waals surface area contributed by atoms with Gasteiger partial charge in [0.2, 0.25) is 0 Å². The Morgan fingerprint density at radius 3 is 2.74 bits per heavy atom. The number of nitrogens with one attached hydrogen (secondary N) is 2. The topological polar surface area (TPSA) is 79.6 Å². The lowest BCUT2D eigenvalue weighted by Gasteiger charge is -2.12. The summed E-state index contributed by atoms with van der Waals surface area (Å²) in [5, 5.41) is 12.3. The van der Waals surface area contributed by atoms with E-state index in [-0.39, 0.29) is 6.04 Å². The zero-order valence-corrected chi connectivity index (χ0v) is 15.5. The maximum atomic E-state index is 12.6. The largest absolute Gasteiger partial charge is 0.360 e. The predicted molar refractivity (Wildman–Crippen MR) is 109 cm³/mol. The molecule has 0 amide bonds. The number of aromatic amines is 1. The number of thiazole rings is 1. The first-order valence-electron chi connectivity index (χ1n) is 8.74. The molecule has 2 heterocycles. The minimum Gasteiger partial charge on any atom is -0.360 e. The predicted octanol–water partition coefficient (Wildman–Crippen LogP) is 4.14. The molecule has 4 aromatic rings. The van der Waals surface area contributed by atoms with Crippen molar-refractivity contribution in [2.24, 2.45) is 5.73 Å². The molecule has 0 bridgehead atoms. The average Bonchev–Trinajstić information content (AvgIpc) is 3.35. The number of alkyl halides is 1. The van der Waals surface area contributed by atoms with Crippen molar-refractivity contribution in [1.82, 2.24) is 15.2 Å². The van der Waals surface area contributed by atoms with Crippen molar-refractivity contribution in [2.45, 2.75) is 19.1 Å². The number of rotatable bonds is 7. The van der Waals surface area contributed by atoms with Gasteiger partial charge in [-0.25, -0.2) is 9.37 Å². The van der Waals surface area contributed by atoms with Crippen molar-refractivity contribution < 1.29 is 4.39 Å². The molecule has 0 aliphatic heterocycles. The van der Waals surface area contributed by atoms with E-state index in [9.17, 15) is 4.39 Å². The maximum Gasteiger partial charge on any atom is 0.183 e. The van der Waals surface area contributed by atoms with Gasteiger partial charge in [-0.1, -0.05) is 47.7 Å². The molecular weight excluding hydrogens is 361 g/mol. The molecule has 4 N–H and O–H groups in total. The highest BCUT2D eigenvalue weighted by molar-refractivity contribution is 7.18. The van der Waals surface area contributed by atoms with Crippen LogP contribution < -0.4 is 11.1 Å². The van der Waals surface area contributed by atoms with E-state index in [4.69, 9.17) is 5.73 Å². The van der Waals surface area contributed by atoms with Crippen LogP contribution in [-0.4, -0.2) is 27.8 Å². The molecule has 0 fully saturated rings. The molecule has 2 aromatic heterocycles. The van der Waals surface area contributed by atoms with Crippen LogP contribution in [0.2, 0.25) is 0 Å². The van der Waals surface area contributed by atoms with E-state index in [1.807, 2.05) is 30.6 Å². The number of halogens is 1. The zero-order chi connectivity index (χ0) is 18.6. The number of hydrogen-bond donors (Lipinski definition) is 3. The Morgan fingerprint density at radius 2 is 1.93 bits per heavy atom. The van der Waals surface area contributed by atoms with Crippen LogP contribution >= 0.6 is 11.3 Å². The number of hydrogen-bond acceptors (Lipinski definition) is 5. The molecule has 5 nitrogen and oxygen atoms in total. The van der Waals surface area contributed by atoms with E-state index in [0.29, 0.717) is 12.1 Å². The summed E-state index contributed by atoms with van der Waals surface area (Å²) < 4.78 is 12.6. The summed E-state index contributed by atoms with van der Waals surface area (Å²) in [6, 6.07) is 13.6. The number of anilines is 1. The summed E-state index contributed by atoms with van der Waals surface area (Å²) in [5.74, 6) is 0. The van der Waals surface area contributed by atoms with Gasteiger partial charge in [0, 0.05) is 24.2 Å². The fourth-order valence-corrected chi connectivity index (χ4v) is 3.76. The third-order valence-electron chi connectivity index (χ3n) is 4.42. The zero-order valence-electron chi connectivity index (χ0n) is 14.7. The second-order valence-corrected chi connectivity index (χ2v) is 7.53. The number of nitrogens with two attached hydrogens (primary N) is 1. The molecule has 7 heteroatoms. The van der Waals surface area contributed by atoms with Crippen LogP contribution in [0.5, 0.6) is 0 Å². The molecule has 2 aromatic carbocycles. The molecule has 0 aliphatic carbocycles.